The summed E-state index contributed by atoms with van der Waals surface area (Å²) in [6.07, 6.45) is 8.00. The van der Waals surface area contributed by atoms with Crippen LogP contribution in [0.1, 0.15) is 59.3 Å². The van der Waals surface area contributed by atoms with E-state index in [4.69, 9.17) is 5.73 Å². The number of hydrogen-bond donors (Lipinski definition) is 1. The van der Waals surface area contributed by atoms with E-state index in [1.807, 2.05) is 0 Å². The first-order valence-corrected chi connectivity index (χ1v) is 5.80. The number of hydrogen-bond acceptors (Lipinski definition) is 1. The summed E-state index contributed by atoms with van der Waals surface area (Å²) in [6, 6.07) is 0.442. The second kappa shape index (κ2) is 4.45. The zero-order chi connectivity index (χ0) is 9.90. The largest absolute Gasteiger partial charge is 0.327 e. The van der Waals surface area contributed by atoms with Gasteiger partial charge in [-0.2, -0.15) is 0 Å². The van der Waals surface area contributed by atoms with Crippen LogP contribution in [0, 0.1) is 11.3 Å². The van der Waals surface area contributed by atoms with Crippen LogP contribution >= 0.6 is 0 Å². The predicted molar refractivity (Wildman–Crippen MR) is 58.6 cm³/mol. The van der Waals surface area contributed by atoms with Crippen molar-refractivity contribution in [3.05, 3.63) is 0 Å². The summed E-state index contributed by atoms with van der Waals surface area (Å²) < 4.78 is 0. The molecule has 1 heteroatoms. The molecule has 0 saturated heterocycles. The molecule has 0 amide bonds. The lowest BCUT2D eigenvalue weighted by atomic mass is 9.78. The minimum Gasteiger partial charge on any atom is -0.327 e. The lowest BCUT2D eigenvalue weighted by Gasteiger charge is -2.31. The van der Waals surface area contributed by atoms with Crippen molar-refractivity contribution in [1.29, 1.82) is 0 Å². The maximum Gasteiger partial charge on any atom is 0.00930 e. The number of nitrogens with two attached hydrogens (primary N) is 1. The van der Waals surface area contributed by atoms with Gasteiger partial charge in [-0.1, -0.05) is 33.6 Å². The van der Waals surface area contributed by atoms with Crippen LogP contribution in [0.3, 0.4) is 0 Å². The molecule has 1 atom stereocenters. The Morgan fingerprint density at radius 3 is 2.15 bits per heavy atom. The third-order valence-corrected chi connectivity index (χ3v) is 3.70. The molecule has 0 aromatic heterocycles. The Bertz CT molecular complexity index is 145. The van der Waals surface area contributed by atoms with E-state index in [1.165, 1.54) is 38.5 Å². The molecule has 78 valence electrons. The van der Waals surface area contributed by atoms with Gasteiger partial charge in [0.25, 0.3) is 0 Å². The van der Waals surface area contributed by atoms with Gasteiger partial charge in [0.1, 0.15) is 0 Å². The molecule has 0 aromatic carbocycles. The zero-order valence-electron chi connectivity index (χ0n) is 9.47. The summed E-state index contributed by atoms with van der Waals surface area (Å²) in [7, 11) is 0. The van der Waals surface area contributed by atoms with Gasteiger partial charge in [0, 0.05) is 6.04 Å². The van der Waals surface area contributed by atoms with Gasteiger partial charge in [0.15, 0.2) is 0 Å². The molecule has 0 spiro atoms. The van der Waals surface area contributed by atoms with Crippen molar-refractivity contribution < 1.29 is 0 Å². The Labute approximate surface area is 83.1 Å². The fraction of sp³-hybridized carbons (Fsp3) is 1.00. The summed E-state index contributed by atoms with van der Waals surface area (Å²) in [4.78, 5) is 0. The van der Waals surface area contributed by atoms with E-state index < -0.39 is 0 Å². The molecule has 1 aliphatic carbocycles. The van der Waals surface area contributed by atoms with Gasteiger partial charge in [0.2, 0.25) is 0 Å². The van der Waals surface area contributed by atoms with Crippen molar-refractivity contribution >= 4 is 0 Å². The van der Waals surface area contributed by atoms with E-state index >= 15 is 0 Å². The smallest absolute Gasteiger partial charge is 0.00930 e. The molecule has 1 fully saturated rings. The van der Waals surface area contributed by atoms with Crippen molar-refractivity contribution in [3.8, 4) is 0 Å². The topological polar surface area (TPSA) is 26.0 Å². The van der Waals surface area contributed by atoms with Gasteiger partial charge >= 0.3 is 0 Å². The third-order valence-electron chi connectivity index (χ3n) is 3.70. The normalized spacial score (nSPS) is 23.8. The summed E-state index contributed by atoms with van der Waals surface area (Å²) in [5.74, 6) is 0.802. The Morgan fingerprint density at radius 2 is 1.69 bits per heavy atom. The highest BCUT2D eigenvalue weighted by atomic mass is 14.7. The van der Waals surface area contributed by atoms with E-state index in [1.54, 1.807) is 0 Å². The quantitative estimate of drug-likeness (QED) is 0.711. The molecule has 1 aliphatic rings. The van der Waals surface area contributed by atoms with Crippen molar-refractivity contribution in [1.82, 2.24) is 0 Å². The predicted octanol–water partition coefficient (Wildman–Crippen LogP) is 3.33. The van der Waals surface area contributed by atoms with Crippen LogP contribution in [0.5, 0.6) is 0 Å². The van der Waals surface area contributed by atoms with E-state index in [2.05, 4.69) is 20.8 Å². The van der Waals surface area contributed by atoms with Crippen molar-refractivity contribution in [2.45, 2.75) is 65.3 Å². The van der Waals surface area contributed by atoms with Crippen LogP contribution in [0.15, 0.2) is 0 Å². The third kappa shape index (κ3) is 2.98. The van der Waals surface area contributed by atoms with Gasteiger partial charge in [-0.25, -0.2) is 0 Å². The molecular formula is C12H25N. The van der Waals surface area contributed by atoms with Crippen LogP contribution in [0.2, 0.25) is 0 Å². The molecule has 13 heavy (non-hydrogen) atoms. The maximum absolute atomic E-state index is 6.26. The number of rotatable bonds is 4. The average Bonchev–Trinajstić information content (AvgIpc) is 2.49. The van der Waals surface area contributed by atoms with E-state index in [0.29, 0.717) is 11.5 Å². The monoisotopic (exact) mass is 183 g/mol. The molecule has 1 saturated carbocycles. The van der Waals surface area contributed by atoms with Crippen LogP contribution in [-0.2, 0) is 0 Å². The van der Waals surface area contributed by atoms with E-state index in [9.17, 15) is 0 Å². The van der Waals surface area contributed by atoms with Crippen molar-refractivity contribution in [3.63, 3.8) is 0 Å². The van der Waals surface area contributed by atoms with Gasteiger partial charge in [-0.3, -0.25) is 0 Å². The summed E-state index contributed by atoms with van der Waals surface area (Å²) in [5, 5.41) is 0. The zero-order valence-corrected chi connectivity index (χ0v) is 9.47. The van der Waals surface area contributed by atoms with Gasteiger partial charge in [-0.15, -0.1) is 0 Å². The molecular weight excluding hydrogens is 158 g/mol. The lowest BCUT2D eigenvalue weighted by Crippen LogP contribution is -2.37. The molecule has 0 aromatic rings. The first-order chi connectivity index (χ1) is 6.04. The van der Waals surface area contributed by atoms with Crippen LogP contribution in [-0.4, -0.2) is 6.04 Å². The maximum atomic E-state index is 6.26. The summed E-state index contributed by atoms with van der Waals surface area (Å²) in [6.45, 7) is 6.94. The average molecular weight is 183 g/mol. The fourth-order valence-electron chi connectivity index (χ4n) is 2.41. The minimum absolute atomic E-state index is 0.442. The van der Waals surface area contributed by atoms with Crippen LogP contribution in [0.25, 0.3) is 0 Å². The molecule has 1 nitrogen and oxygen atoms in total. The van der Waals surface area contributed by atoms with Gasteiger partial charge < -0.3 is 5.73 Å². The Morgan fingerprint density at radius 1 is 1.15 bits per heavy atom. The summed E-state index contributed by atoms with van der Waals surface area (Å²) in [5.41, 5.74) is 6.73. The Hall–Kier alpha value is -0.0400. The lowest BCUT2D eigenvalue weighted by molar-refractivity contribution is 0.241. The first-order valence-electron chi connectivity index (χ1n) is 5.80. The second-order valence-corrected chi connectivity index (χ2v) is 5.44. The molecule has 0 aliphatic heterocycles. The molecule has 2 N–H and O–H groups in total. The molecule has 1 unspecified atom stereocenters. The Balaban J connectivity index is 2.33. The minimum atomic E-state index is 0.442. The molecule has 0 bridgehead atoms. The molecule has 0 heterocycles. The van der Waals surface area contributed by atoms with Crippen molar-refractivity contribution in [2.24, 2.45) is 17.1 Å². The highest BCUT2D eigenvalue weighted by Crippen LogP contribution is 2.41. The SMILES string of the molecule is CC(C)CCC(N)C1(C)CCCC1. The standard InChI is InChI=1S/C12H25N/c1-10(2)6-7-11(13)12(3)8-4-5-9-12/h10-11H,4-9,13H2,1-3H3. The first kappa shape index (κ1) is 11.0. The molecule has 1 rings (SSSR count). The van der Waals surface area contributed by atoms with Gasteiger partial charge in [0.05, 0.1) is 0 Å². The highest BCUT2D eigenvalue weighted by Gasteiger charge is 2.34. The van der Waals surface area contributed by atoms with E-state index in [-0.39, 0.29) is 0 Å². The summed E-state index contributed by atoms with van der Waals surface area (Å²) >= 11 is 0. The van der Waals surface area contributed by atoms with Crippen molar-refractivity contribution in [2.75, 3.05) is 0 Å². The van der Waals surface area contributed by atoms with Crippen LogP contribution < -0.4 is 5.73 Å². The second-order valence-electron chi connectivity index (χ2n) is 5.44. The Kier molecular flexibility index (Phi) is 3.78. The van der Waals surface area contributed by atoms with E-state index in [0.717, 1.165) is 5.92 Å². The molecule has 0 radical (unpaired) electrons. The van der Waals surface area contributed by atoms with Gasteiger partial charge in [-0.05, 0) is 37.0 Å². The highest BCUT2D eigenvalue weighted by molar-refractivity contribution is 4.89. The van der Waals surface area contributed by atoms with Crippen LogP contribution in [0.4, 0.5) is 0 Å². The fourth-order valence-corrected chi connectivity index (χ4v) is 2.41.